The van der Waals surface area contributed by atoms with Crippen molar-refractivity contribution in [2.75, 3.05) is 13.2 Å². The molecule has 0 heterocycles. The summed E-state index contributed by atoms with van der Waals surface area (Å²) in [5, 5.41) is 0.584. The average molecular weight is 485 g/mol. The van der Waals surface area contributed by atoms with Crippen molar-refractivity contribution in [3.63, 3.8) is 0 Å². The first-order valence-electron chi connectivity index (χ1n) is 9.63. The third-order valence-electron chi connectivity index (χ3n) is 4.25. The van der Waals surface area contributed by atoms with E-state index < -0.39 is 23.7 Å². The quantitative estimate of drug-likeness (QED) is 0.298. The molecule has 0 N–H and O–H groups in total. The van der Waals surface area contributed by atoms with E-state index in [-0.39, 0.29) is 25.5 Å². The Balaban J connectivity index is 0.000000375. The zero-order valence-corrected chi connectivity index (χ0v) is 19.2. The molecule has 0 bridgehead atoms. The van der Waals surface area contributed by atoms with Crippen LogP contribution in [0.15, 0.2) is 36.4 Å². The lowest BCUT2D eigenvalue weighted by Crippen LogP contribution is -2.30. The number of hydrogen-bond acceptors (Lipinski definition) is 4. The first kappa shape index (κ1) is 25.8. The van der Waals surface area contributed by atoms with Crippen LogP contribution in [0.25, 0.3) is 0 Å². The van der Waals surface area contributed by atoms with Crippen molar-refractivity contribution in [2.45, 2.75) is 39.4 Å². The lowest BCUT2D eigenvalue weighted by molar-refractivity contribution is -0.161. The van der Waals surface area contributed by atoms with Gasteiger partial charge in [0.05, 0.1) is 13.2 Å². The molecule has 0 radical (unpaired) electrons. The van der Waals surface area contributed by atoms with Crippen LogP contribution in [0.5, 0.6) is 0 Å². The van der Waals surface area contributed by atoms with Gasteiger partial charge in [-0.05, 0) is 56.4 Å². The second-order valence-corrected chi connectivity index (χ2v) is 7.05. The minimum atomic E-state index is -1.13. The minimum absolute atomic E-state index is 0.0643. The molecule has 2 aromatic rings. The molecule has 0 aliphatic carbocycles. The van der Waals surface area contributed by atoms with Gasteiger partial charge < -0.3 is 9.47 Å². The molecule has 0 saturated carbocycles. The molecular formula is C23H27BrF2O4. The molecule has 0 aliphatic rings. The van der Waals surface area contributed by atoms with Crippen LogP contribution in [-0.2, 0) is 30.8 Å². The van der Waals surface area contributed by atoms with Gasteiger partial charge in [0.15, 0.2) is 5.92 Å². The van der Waals surface area contributed by atoms with E-state index in [0.29, 0.717) is 22.0 Å². The average Bonchev–Trinajstić information content (AvgIpc) is 2.72. The lowest BCUT2D eigenvalue weighted by Gasteiger charge is -2.15. The van der Waals surface area contributed by atoms with E-state index in [2.05, 4.69) is 15.9 Å². The molecule has 0 unspecified atom stereocenters. The van der Waals surface area contributed by atoms with Gasteiger partial charge in [-0.3, -0.25) is 9.59 Å². The molecule has 0 amide bonds. The van der Waals surface area contributed by atoms with Crippen molar-refractivity contribution >= 4 is 27.9 Å². The van der Waals surface area contributed by atoms with Gasteiger partial charge in [0.1, 0.15) is 11.6 Å². The second kappa shape index (κ2) is 13.1. The van der Waals surface area contributed by atoms with Crippen LogP contribution in [0.3, 0.4) is 0 Å². The van der Waals surface area contributed by atoms with Gasteiger partial charge in [-0.2, -0.15) is 0 Å². The summed E-state index contributed by atoms with van der Waals surface area (Å²) < 4.78 is 36.6. The Kier molecular flexibility index (Phi) is 11.3. The van der Waals surface area contributed by atoms with Crippen molar-refractivity contribution in [2.24, 2.45) is 5.92 Å². The van der Waals surface area contributed by atoms with Gasteiger partial charge in [0, 0.05) is 5.33 Å². The van der Waals surface area contributed by atoms with Crippen LogP contribution < -0.4 is 0 Å². The molecule has 2 rings (SSSR count). The number of carbonyl (C=O) groups is 2. The van der Waals surface area contributed by atoms with Gasteiger partial charge in [-0.1, -0.05) is 52.3 Å². The highest BCUT2D eigenvalue weighted by Crippen LogP contribution is 2.18. The number of hydrogen-bond donors (Lipinski definition) is 0. The van der Waals surface area contributed by atoms with Crippen LogP contribution in [0.2, 0.25) is 0 Å². The molecule has 0 fully saturated rings. The molecular weight excluding hydrogens is 458 g/mol. The maximum absolute atomic E-state index is 14.0. The van der Waals surface area contributed by atoms with Crippen LogP contribution in [0.1, 0.15) is 36.1 Å². The predicted molar refractivity (Wildman–Crippen MR) is 115 cm³/mol. The Morgan fingerprint density at radius 1 is 0.867 bits per heavy atom. The van der Waals surface area contributed by atoms with Crippen molar-refractivity contribution in [3.8, 4) is 0 Å². The van der Waals surface area contributed by atoms with Crippen molar-refractivity contribution in [1.82, 2.24) is 0 Å². The molecule has 4 nitrogen and oxygen atoms in total. The summed E-state index contributed by atoms with van der Waals surface area (Å²) in [4.78, 5) is 23.6. The summed E-state index contributed by atoms with van der Waals surface area (Å²) in [5.41, 5.74) is 2.20. The number of aryl methyl sites for hydroxylation is 2. The largest absolute Gasteiger partial charge is 0.465 e. The standard InChI is InChI=1S/C15H19FO4.C8H8BrF/c1-4-19-14(17)12(15(18)20-5-2)9-11-8-6-7-10(3)13(11)16;1-6-3-2-4-7(5-9)8(6)10/h6-8,12H,4-5,9H2,1-3H3;2-4H,5H2,1H3. The number of esters is 2. The molecule has 0 atom stereocenters. The Morgan fingerprint density at radius 3 is 1.70 bits per heavy atom. The highest BCUT2D eigenvalue weighted by molar-refractivity contribution is 9.08. The van der Waals surface area contributed by atoms with E-state index in [1.165, 1.54) is 0 Å². The summed E-state index contributed by atoms with van der Waals surface area (Å²) in [6.07, 6.45) is -0.0643. The van der Waals surface area contributed by atoms with Gasteiger partial charge in [-0.25, -0.2) is 8.78 Å². The van der Waals surface area contributed by atoms with Crippen molar-refractivity contribution < 1.29 is 27.8 Å². The number of carbonyl (C=O) groups excluding carboxylic acids is 2. The molecule has 0 spiro atoms. The van der Waals surface area contributed by atoms with E-state index in [1.807, 2.05) is 6.07 Å². The van der Waals surface area contributed by atoms with Gasteiger partial charge in [-0.15, -0.1) is 0 Å². The first-order chi connectivity index (χ1) is 14.3. The fraction of sp³-hybridized carbons (Fsp3) is 0.391. The zero-order chi connectivity index (χ0) is 22.7. The van der Waals surface area contributed by atoms with Crippen molar-refractivity contribution in [1.29, 1.82) is 0 Å². The van der Waals surface area contributed by atoms with E-state index in [1.54, 1.807) is 58.0 Å². The normalized spacial score (nSPS) is 10.3. The molecule has 0 aliphatic heterocycles. The molecule has 30 heavy (non-hydrogen) atoms. The summed E-state index contributed by atoms with van der Waals surface area (Å²) in [6.45, 7) is 7.00. The fourth-order valence-corrected chi connectivity index (χ4v) is 3.08. The molecule has 2 aromatic carbocycles. The fourth-order valence-electron chi connectivity index (χ4n) is 2.65. The third-order valence-corrected chi connectivity index (χ3v) is 4.86. The lowest BCUT2D eigenvalue weighted by atomic mass is 9.97. The molecule has 0 saturated heterocycles. The maximum atomic E-state index is 14.0. The molecule has 7 heteroatoms. The molecule has 0 aromatic heterocycles. The Hall–Kier alpha value is -2.28. The monoisotopic (exact) mass is 484 g/mol. The number of halogens is 3. The number of alkyl halides is 1. The second-order valence-electron chi connectivity index (χ2n) is 6.49. The van der Waals surface area contributed by atoms with Crippen LogP contribution in [0, 0.1) is 31.4 Å². The van der Waals surface area contributed by atoms with E-state index in [9.17, 15) is 18.4 Å². The Morgan fingerprint density at radius 2 is 1.30 bits per heavy atom. The topological polar surface area (TPSA) is 52.6 Å². The van der Waals surface area contributed by atoms with Gasteiger partial charge >= 0.3 is 11.9 Å². The highest BCUT2D eigenvalue weighted by atomic mass is 79.9. The highest BCUT2D eigenvalue weighted by Gasteiger charge is 2.30. The van der Waals surface area contributed by atoms with Crippen molar-refractivity contribution in [3.05, 3.63) is 70.3 Å². The molecule has 164 valence electrons. The smallest absolute Gasteiger partial charge is 0.320 e. The Bertz CT molecular complexity index is 837. The summed E-state index contributed by atoms with van der Waals surface area (Å²) in [5.74, 6) is -3.02. The van der Waals surface area contributed by atoms with E-state index in [0.717, 1.165) is 5.56 Å². The SMILES string of the molecule is CCOC(=O)C(Cc1cccc(C)c1F)C(=O)OCC.Cc1cccc(CBr)c1F. The number of rotatable bonds is 7. The first-order valence-corrected chi connectivity index (χ1v) is 10.8. The minimum Gasteiger partial charge on any atom is -0.465 e. The summed E-state index contributed by atoms with van der Waals surface area (Å²) in [6, 6.07) is 10.3. The number of benzene rings is 2. The Labute approximate surface area is 184 Å². The van der Waals surface area contributed by atoms with Crippen LogP contribution in [0.4, 0.5) is 8.78 Å². The summed E-state index contributed by atoms with van der Waals surface area (Å²) >= 11 is 3.20. The van der Waals surface area contributed by atoms with Gasteiger partial charge in [0.2, 0.25) is 0 Å². The summed E-state index contributed by atoms with van der Waals surface area (Å²) in [7, 11) is 0. The number of ether oxygens (including phenoxy) is 2. The van der Waals surface area contributed by atoms with Gasteiger partial charge in [0.25, 0.3) is 0 Å². The zero-order valence-electron chi connectivity index (χ0n) is 17.6. The van der Waals surface area contributed by atoms with E-state index >= 15 is 0 Å². The van der Waals surface area contributed by atoms with E-state index in [4.69, 9.17) is 9.47 Å². The van der Waals surface area contributed by atoms with Crippen LogP contribution >= 0.6 is 15.9 Å². The third kappa shape index (κ3) is 7.52. The van der Waals surface area contributed by atoms with Crippen LogP contribution in [-0.4, -0.2) is 25.2 Å². The predicted octanol–water partition coefficient (Wildman–Crippen LogP) is 5.45. The maximum Gasteiger partial charge on any atom is 0.320 e.